The summed E-state index contributed by atoms with van der Waals surface area (Å²) in [6, 6.07) is 18.4. The van der Waals surface area contributed by atoms with Gasteiger partial charge in [-0.3, -0.25) is 0 Å². The van der Waals surface area contributed by atoms with E-state index in [4.69, 9.17) is 0 Å². The Hall–Kier alpha value is -2.85. The molecule has 0 atom stereocenters. The molecule has 0 saturated heterocycles. The van der Waals surface area contributed by atoms with E-state index in [-0.39, 0.29) is 5.82 Å². The van der Waals surface area contributed by atoms with Crippen LogP contribution in [-0.4, -0.2) is 0 Å². The van der Waals surface area contributed by atoms with Gasteiger partial charge in [-0.1, -0.05) is 93.4 Å². The van der Waals surface area contributed by atoms with Crippen LogP contribution in [0.15, 0.2) is 66.7 Å². The van der Waals surface area contributed by atoms with Crippen LogP contribution in [0.3, 0.4) is 0 Å². The Morgan fingerprint density at radius 3 is 2.29 bits per heavy atom. The van der Waals surface area contributed by atoms with Crippen molar-refractivity contribution in [1.29, 1.82) is 0 Å². The summed E-state index contributed by atoms with van der Waals surface area (Å²) in [4.78, 5) is 0. The molecule has 0 aromatic heterocycles. The second-order valence-corrected chi connectivity index (χ2v) is 9.86. The van der Waals surface area contributed by atoms with Crippen LogP contribution >= 0.6 is 0 Å². The minimum Gasteiger partial charge on any atom is -0.206 e. The fourth-order valence-corrected chi connectivity index (χ4v) is 5.21. The Bertz CT molecular complexity index is 1160. The van der Waals surface area contributed by atoms with Gasteiger partial charge in [0.15, 0.2) is 0 Å². The lowest BCUT2D eigenvalue weighted by molar-refractivity contribution is 0.258. The fourth-order valence-electron chi connectivity index (χ4n) is 5.21. The molecule has 0 spiro atoms. The number of fused-ring (bicyclic) bond motifs is 1. The van der Waals surface area contributed by atoms with Crippen LogP contribution < -0.4 is 0 Å². The first-order chi connectivity index (χ1) is 16.7. The zero-order valence-corrected chi connectivity index (χ0v) is 20.7. The molecule has 3 aromatic carbocycles. The van der Waals surface area contributed by atoms with Gasteiger partial charge in [0, 0.05) is 16.5 Å². The second-order valence-electron chi connectivity index (χ2n) is 9.86. The highest BCUT2D eigenvalue weighted by molar-refractivity contribution is 5.85. The number of halogens is 1. The van der Waals surface area contributed by atoms with E-state index in [0.29, 0.717) is 5.39 Å². The van der Waals surface area contributed by atoms with E-state index in [9.17, 15) is 0 Å². The number of allylic oxidation sites excluding steroid dienone is 2. The van der Waals surface area contributed by atoms with E-state index >= 15 is 4.39 Å². The Balaban J connectivity index is 1.40. The van der Waals surface area contributed by atoms with Crippen molar-refractivity contribution < 1.29 is 4.39 Å². The summed E-state index contributed by atoms with van der Waals surface area (Å²) >= 11 is 0. The van der Waals surface area contributed by atoms with E-state index < -0.39 is 0 Å². The molecule has 0 radical (unpaired) electrons. The van der Waals surface area contributed by atoms with Gasteiger partial charge >= 0.3 is 0 Å². The van der Waals surface area contributed by atoms with Crippen molar-refractivity contribution in [3.05, 3.63) is 94.8 Å². The zero-order chi connectivity index (χ0) is 23.8. The minimum atomic E-state index is -0.0484. The number of aryl methyl sites for hydroxylation is 2. The van der Waals surface area contributed by atoms with Crippen LogP contribution in [0.2, 0.25) is 0 Å². The highest BCUT2D eigenvalue weighted by Crippen LogP contribution is 2.33. The third-order valence-corrected chi connectivity index (χ3v) is 7.54. The van der Waals surface area contributed by atoms with Crippen LogP contribution in [0.1, 0.15) is 81.0 Å². The highest BCUT2D eigenvalue weighted by Gasteiger charge is 2.20. The molecule has 34 heavy (non-hydrogen) atoms. The SMILES string of the molecule is C/C=C/CCc1ccc(C#Cc2ccc3c(F)c(CCC4CCC(CC)CC4)ccc3c2)cc1. The average molecular weight is 453 g/mol. The quantitative estimate of drug-likeness (QED) is 0.248. The molecule has 0 nitrogen and oxygen atoms in total. The van der Waals surface area contributed by atoms with Gasteiger partial charge in [-0.25, -0.2) is 4.39 Å². The molecule has 0 aliphatic heterocycles. The molecule has 0 unspecified atom stereocenters. The standard InChI is InChI=1S/C33H37F/c1-3-5-6-7-26-12-14-27(15-13-26)16-17-29-19-23-32-31(24-29)22-21-30(33(32)34)20-18-28-10-8-25(4-2)9-11-28/h3,5,12-15,19,21-25,28H,4,6-11,18,20H2,1-2H3/b5-3+. The van der Waals surface area contributed by atoms with Gasteiger partial charge in [-0.15, -0.1) is 0 Å². The van der Waals surface area contributed by atoms with Crippen LogP contribution in [-0.2, 0) is 12.8 Å². The van der Waals surface area contributed by atoms with Crippen molar-refractivity contribution in [2.75, 3.05) is 0 Å². The summed E-state index contributed by atoms with van der Waals surface area (Å²) in [5.74, 6) is 8.13. The van der Waals surface area contributed by atoms with Crippen LogP contribution in [0, 0.1) is 29.5 Å². The summed E-state index contributed by atoms with van der Waals surface area (Å²) < 4.78 is 15.2. The number of hydrogen-bond acceptors (Lipinski definition) is 0. The molecule has 1 heteroatoms. The molecule has 1 aliphatic rings. The van der Waals surface area contributed by atoms with Crippen LogP contribution in [0.4, 0.5) is 4.39 Å². The monoisotopic (exact) mass is 452 g/mol. The average Bonchev–Trinajstić information content (AvgIpc) is 2.88. The third kappa shape index (κ3) is 6.38. The number of benzene rings is 3. The fraction of sp³-hybridized carbons (Fsp3) is 0.394. The maximum Gasteiger partial charge on any atom is 0.134 e. The minimum absolute atomic E-state index is 0.0484. The first-order valence-corrected chi connectivity index (χ1v) is 13.1. The second kappa shape index (κ2) is 12.0. The van der Waals surface area contributed by atoms with E-state index in [1.807, 2.05) is 24.3 Å². The van der Waals surface area contributed by atoms with Crippen molar-refractivity contribution in [1.82, 2.24) is 0 Å². The first-order valence-electron chi connectivity index (χ1n) is 13.1. The molecular weight excluding hydrogens is 415 g/mol. The van der Waals surface area contributed by atoms with Gasteiger partial charge in [0.05, 0.1) is 0 Å². The molecule has 3 aromatic rings. The predicted molar refractivity (Wildman–Crippen MR) is 144 cm³/mol. The molecule has 0 N–H and O–H groups in total. The van der Waals surface area contributed by atoms with E-state index in [1.54, 1.807) is 0 Å². The van der Waals surface area contributed by atoms with E-state index in [2.05, 4.69) is 68.2 Å². The van der Waals surface area contributed by atoms with Gasteiger partial charge in [-0.2, -0.15) is 0 Å². The van der Waals surface area contributed by atoms with Crippen molar-refractivity contribution in [2.45, 2.75) is 71.6 Å². The lowest BCUT2D eigenvalue weighted by Crippen LogP contribution is -2.14. The van der Waals surface area contributed by atoms with Crippen molar-refractivity contribution in [3.8, 4) is 11.8 Å². The maximum atomic E-state index is 15.2. The molecule has 0 bridgehead atoms. The van der Waals surface area contributed by atoms with E-state index in [0.717, 1.165) is 59.6 Å². The highest BCUT2D eigenvalue weighted by atomic mass is 19.1. The summed E-state index contributed by atoms with van der Waals surface area (Å²) in [6.45, 7) is 4.36. The molecular formula is C33H37F. The Morgan fingerprint density at radius 1 is 0.853 bits per heavy atom. The van der Waals surface area contributed by atoms with Crippen molar-refractivity contribution in [3.63, 3.8) is 0 Å². The maximum absolute atomic E-state index is 15.2. The van der Waals surface area contributed by atoms with Gasteiger partial charge in [0.25, 0.3) is 0 Å². The van der Waals surface area contributed by atoms with Gasteiger partial charge in [-0.05, 0) is 85.2 Å². The Labute approximate surface area is 205 Å². The van der Waals surface area contributed by atoms with Crippen LogP contribution in [0.25, 0.3) is 10.8 Å². The summed E-state index contributed by atoms with van der Waals surface area (Å²) in [5.41, 5.74) is 4.11. The zero-order valence-electron chi connectivity index (χ0n) is 20.7. The number of rotatable bonds is 7. The lowest BCUT2D eigenvalue weighted by Gasteiger charge is -2.27. The summed E-state index contributed by atoms with van der Waals surface area (Å²) in [7, 11) is 0. The summed E-state index contributed by atoms with van der Waals surface area (Å²) in [5, 5.41) is 1.64. The van der Waals surface area contributed by atoms with Gasteiger partial charge in [0.2, 0.25) is 0 Å². The molecule has 0 heterocycles. The Kier molecular flexibility index (Phi) is 8.59. The largest absolute Gasteiger partial charge is 0.206 e. The molecule has 4 rings (SSSR count). The Morgan fingerprint density at radius 2 is 1.56 bits per heavy atom. The number of hydrogen-bond donors (Lipinski definition) is 0. The van der Waals surface area contributed by atoms with Crippen molar-refractivity contribution in [2.24, 2.45) is 11.8 Å². The molecule has 1 aliphatic carbocycles. The molecule has 1 fully saturated rings. The first kappa shape index (κ1) is 24.3. The molecule has 176 valence electrons. The normalized spacial score (nSPS) is 18.2. The molecule has 1 saturated carbocycles. The van der Waals surface area contributed by atoms with E-state index in [1.165, 1.54) is 37.7 Å². The van der Waals surface area contributed by atoms with Crippen molar-refractivity contribution >= 4 is 10.8 Å². The molecule has 0 amide bonds. The van der Waals surface area contributed by atoms with Gasteiger partial charge < -0.3 is 0 Å². The topological polar surface area (TPSA) is 0 Å². The van der Waals surface area contributed by atoms with Crippen LogP contribution in [0.5, 0.6) is 0 Å². The predicted octanol–water partition coefficient (Wildman–Crippen LogP) is 9.04. The summed E-state index contributed by atoms with van der Waals surface area (Å²) in [6.07, 6.45) is 15.0. The van der Waals surface area contributed by atoms with Gasteiger partial charge in [0.1, 0.15) is 5.82 Å². The smallest absolute Gasteiger partial charge is 0.134 e. The lowest BCUT2D eigenvalue weighted by atomic mass is 9.78. The third-order valence-electron chi connectivity index (χ3n) is 7.54.